The predicted molar refractivity (Wildman–Crippen MR) is 73.0 cm³/mol. The predicted octanol–water partition coefficient (Wildman–Crippen LogP) is 1.53. The molecule has 2 rings (SSSR count). The quantitative estimate of drug-likeness (QED) is 0.800. The van der Waals surface area contributed by atoms with Crippen LogP contribution in [0.15, 0.2) is 12.3 Å². The van der Waals surface area contributed by atoms with Gasteiger partial charge in [-0.15, -0.1) is 0 Å². The summed E-state index contributed by atoms with van der Waals surface area (Å²) in [4.78, 5) is 5.10. The Morgan fingerprint density at radius 3 is 2.59 bits per heavy atom. The first-order valence-corrected chi connectivity index (χ1v) is 7.04. The number of rotatable bonds is 4. The molecule has 17 heavy (non-hydrogen) atoms. The van der Waals surface area contributed by atoms with E-state index >= 15 is 0 Å². The molecular weight excluding hydrogens is 210 g/mol. The Morgan fingerprint density at radius 2 is 2.00 bits per heavy atom. The van der Waals surface area contributed by atoms with Gasteiger partial charge in [0.1, 0.15) is 0 Å². The van der Waals surface area contributed by atoms with Gasteiger partial charge in [0, 0.05) is 37.9 Å². The van der Waals surface area contributed by atoms with Crippen molar-refractivity contribution in [1.82, 2.24) is 15.1 Å². The molecule has 98 valence electrons. The van der Waals surface area contributed by atoms with Crippen LogP contribution in [0.25, 0.3) is 0 Å². The van der Waals surface area contributed by atoms with E-state index in [9.17, 15) is 0 Å². The van der Waals surface area contributed by atoms with Gasteiger partial charge in [0.15, 0.2) is 0 Å². The molecule has 3 heteroatoms. The summed E-state index contributed by atoms with van der Waals surface area (Å²) in [6, 6.07) is 0.680. The molecule has 2 heterocycles. The molecule has 0 bridgehead atoms. The smallest absolute Gasteiger partial charge is 0.0302 e. The molecule has 1 N–H and O–H groups in total. The molecule has 2 saturated heterocycles. The van der Waals surface area contributed by atoms with E-state index < -0.39 is 0 Å². The fourth-order valence-electron chi connectivity index (χ4n) is 2.73. The Morgan fingerprint density at radius 1 is 1.24 bits per heavy atom. The number of hydrogen-bond donors (Lipinski definition) is 1. The third-order valence-electron chi connectivity index (χ3n) is 4.10. The summed E-state index contributed by atoms with van der Waals surface area (Å²) >= 11 is 0. The van der Waals surface area contributed by atoms with E-state index in [0.29, 0.717) is 6.04 Å². The Balaban J connectivity index is 1.78. The normalized spacial score (nSPS) is 23.6. The number of nitrogens with one attached hydrogen (secondary N) is 1. The molecule has 0 amide bonds. The highest BCUT2D eigenvalue weighted by molar-refractivity contribution is 4.99. The summed E-state index contributed by atoms with van der Waals surface area (Å²) in [5.74, 6) is 0.840. The van der Waals surface area contributed by atoms with Crippen LogP contribution in [-0.2, 0) is 0 Å². The van der Waals surface area contributed by atoms with Gasteiger partial charge in [0.2, 0.25) is 0 Å². The van der Waals surface area contributed by atoms with Gasteiger partial charge in [-0.2, -0.15) is 0 Å². The van der Waals surface area contributed by atoms with Crippen LogP contribution in [0.5, 0.6) is 0 Å². The molecule has 0 aliphatic carbocycles. The van der Waals surface area contributed by atoms with Crippen molar-refractivity contribution in [1.29, 1.82) is 0 Å². The van der Waals surface area contributed by atoms with E-state index in [1.807, 2.05) is 0 Å². The lowest BCUT2D eigenvalue weighted by atomic mass is 9.97. The van der Waals surface area contributed by atoms with Gasteiger partial charge in [-0.05, 0) is 45.7 Å². The molecule has 0 aromatic rings. The maximum atomic E-state index is 4.29. The Hall–Kier alpha value is -0.540. The van der Waals surface area contributed by atoms with Crippen molar-refractivity contribution >= 4 is 0 Å². The van der Waals surface area contributed by atoms with Crippen LogP contribution in [0.4, 0.5) is 0 Å². The Bertz CT molecular complexity index is 258. The summed E-state index contributed by atoms with van der Waals surface area (Å²) in [5.41, 5.74) is 1.36. The van der Waals surface area contributed by atoms with E-state index in [2.05, 4.69) is 35.5 Å². The highest BCUT2D eigenvalue weighted by Crippen LogP contribution is 2.19. The van der Waals surface area contributed by atoms with Crippen molar-refractivity contribution in [2.24, 2.45) is 5.92 Å². The maximum absolute atomic E-state index is 4.29. The van der Waals surface area contributed by atoms with Crippen LogP contribution < -0.4 is 5.32 Å². The van der Waals surface area contributed by atoms with Crippen molar-refractivity contribution in [3.8, 4) is 0 Å². The summed E-state index contributed by atoms with van der Waals surface area (Å²) in [5, 5.41) is 3.34. The minimum atomic E-state index is 0.680. The van der Waals surface area contributed by atoms with Crippen LogP contribution in [0, 0.1) is 5.92 Å². The maximum Gasteiger partial charge on any atom is 0.0302 e. The van der Waals surface area contributed by atoms with Gasteiger partial charge >= 0.3 is 0 Å². The van der Waals surface area contributed by atoms with Gasteiger partial charge < -0.3 is 10.2 Å². The molecule has 0 spiro atoms. The summed E-state index contributed by atoms with van der Waals surface area (Å²) < 4.78 is 0. The second-order valence-corrected chi connectivity index (χ2v) is 5.76. The number of allylic oxidation sites excluding steroid dienone is 1. The molecule has 0 unspecified atom stereocenters. The van der Waals surface area contributed by atoms with Crippen LogP contribution in [0.3, 0.4) is 0 Å². The minimum Gasteiger partial charge on any atom is -0.374 e. The van der Waals surface area contributed by atoms with Crippen molar-refractivity contribution in [3.63, 3.8) is 0 Å². The first-order valence-electron chi connectivity index (χ1n) is 7.04. The second kappa shape index (κ2) is 5.87. The third kappa shape index (κ3) is 3.46. The third-order valence-corrected chi connectivity index (χ3v) is 4.10. The Kier molecular flexibility index (Phi) is 4.46. The number of nitrogens with zero attached hydrogens (tertiary/aromatic N) is 2. The Labute approximate surface area is 106 Å². The van der Waals surface area contributed by atoms with E-state index in [1.165, 1.54) is 51.3 Å². The SMILES string of the molecule is C=C(CC1CNC1)N1CCCN(C(C)C)CC1. The first-order chi connectivity index (χ1) is 8.16. The van der Waals surface area contributed by atoms with Gasteiger partial charge in [-0.25, -0.2) is 0 Å². The van der Waals surface area contributed by atoms with Crippen LogP contribution >= 0.6 is 0 Å². The van der Waals surface area contributed by atoms with Crippen LogP contribution in [-0.4, -0.2) is 55.1 Å². The molecule has 2 fully saturated rings. The molecule has 3 nitrogen and oxygen atoms in total. The summed E-state index contributed by atoms with van der Waals surface area (Å²) in [6.45, 7) is 16.1. The zero-order chi connectivity index (χ0) is 12.3. The summed E-state index contributed by atoms with van der Waals surface area (Å²) in [7, 11) is 0. The van der Waals surface area contributed by atoms with E-state index in [-0.39, 0.29) is 0 Å². The molecular formula is C14H27N3. The second-order valence-electron chi connectivity index (χ2n) is 5.76. The number of hydrogen-bond acceptors (Lipinski definition) is 3. The van der Waals surface area contributed by atoms with E-state index in [0.717, 1.165) is 12.5 Å². The van der Waals surface area contributed by atoms with Gasteiger partial charge in [0.25, 0.3) is 0 Å². The minimum absolute atomic E-state index is 0.680. The van der Waals surface area contributed by atoms with E-state index in [4.69, 9.17) is 0 Å². The van der Waals surface area contributed by atoms with E-state index in [1.54, 1.807) is 0 Å². The molecule has 2 aliphatic rings. The average molecular weight is 237 g/mol. The van der Waals surface area contributed by atoms with Crippen molar-refractivity contribution < 1.29 is 0 Å². The molecule has 2 aliphatic heterocycles. The monoisotopic (exact) mass is 237 g/mol. The molecule has 0 saturated carbocycles. The van der Waals surface area contributed by atoms with Crippen molar-refractivity contribution in [3.05, 3.63) is 12.3 Å². The zero-order valence-corrected chi connectivity index (χ0v) is 11.4. The summed E-state index contributed by atoms with van der Waals surface area (Å²) in [6.07, 6.45) is 2.47. The van der Waals surface area contributed by atoms with Crippen LogP contribution in [0.2, 0.25) is 0 Å². The lowest BCUT2D eigenvalue weighted by Crippen LogP contribution is -2.43. The first kappa shape index (κ1) is 12.9. The highest BCUT2D eigenvalue weighted by Gasteiger charge is 2.22. The zero-order valence-electron chi connectivity index (χ0n) is 11.4. The van der Waals surface area contributed by atoms with Gasteiger partial charge in [-0.1, -0.05) is 6.58 Å². The fraction of sp³-hybridized carbons (Fsp3) is 0.857. The van der Waals surface area contributed by atoms with Gasteiger partial charge in [-0.3, -0.25) is 4.90 Å². The van der Waals surface area contributed by atoms with Crippen LogP contribution in [0.1, 0.15) is 26.7 Å². The highest BCUT2D eigenvalue weighted by atomic mass is 15.2. The fourth-order valence-corrected chi connectivity index (χ4v) is 2.73. The topological polar surface area (TPSA) is 18.5 Å². The molecule has 0 atom stereocenters. The molecule has 0 aromatic heterocycles. The van der Waals surface area contributed by atoms with Crippen molar-refractivity contribution in [2.45, 2.75) is 32.7 Å². The molecule has 0 radical (unpaired) electrons. The standard InChI is InChI=1S/C14H27N3/c1-12(2)16-5-4-6-17(8-7-16)13(3)9-14-10-15-11-14/h12,14-15H,3-11H2,1-2H3. The largest absolute Gasteiger partial charge is 0.374 e. The van der Waals surface area contributed by atoms with Gasteiger partial charge in [0.05, 0.1) is 0 Å². The lowest BCUT2D eigenvalue weighted by Gasteiger charge is -2.32. The van der Waals surface area contributed by atoms with Crippen molar-refractivity contribution in [2.75, 3.05) is 39.3 Å². The average Bonchev–Trinajstić information content (AvgIpc) is 2.48. The molecule has 0 aromatic carbocycles. The lowest BCUT2D eigenvalue weighted by molar-refractivity contribution is 0.225.